The van der Waals surface area contributed by atoms with Gasteiger partial charge in [-0.3, -0.25) is 15.0 Å². The van der Waals surface area contributed by atoms with Crippen LogP contribution in [0.4, 0.5) is 17.1 Å². The van der Waals surface area contributed by atoms with Gasteiger partial charge in [-0.05, 0) is 181 Å². The highest BCUT2D eigenvalue weighted by Gasteiger charge is 2.14. The second kappa shape index (κ2) is 46.8. The van der Waals surface area contributed by atoms with Gasteiger partial charge in [-0.15, -0.1) is 15.0 Å². The molecule has 7 rings (SSSR count). The molecule has 1 aromatic heterocycles. The van der Waals surface area contributed by atoms with E-state index in [2.05, 4.69) is 109 Å². The van der Waals surface area contributed by atoms with Crippen molar-refractivity contribution in [2.45, 2.75) is 271 Å². The van der Waals surface area contributed by atoms with Crippen LogP contribution in [0.3, 0.4) is 0 Å². The topological polar surface area (TPSA) is 103 Å². The Hall–Kier alpha value is -7.26. The summed E-state index contributed by atoms with van der Waals surface area (Å²) in [5, 5.41) is 0. The van der Waals surface area contributed by atoms with Crippen molar-refractivity contribution < 1.29 is 14.2 Å². The van der Waals surface area contributed by atoms with Gasteiger partial charge in [0.05, 0.1) is 17.1 Å². The van der Waals surface area contributed by atoms with Crippen molar-refractivity contribution in [1.29, 1.82) is 0 Å². The fraction of sp³-hybridized carbons (Fsp3) is 0.500. The van der Waals surface area contributed by atoms with Crippen molar-refractivity contribution in [3.63, 3.8) is 0 Å². The van der Waals surface area contributed by atoms with Crippen molar-refractivity contribution in [3.05, 3.63) is 179 Å². The molecule has 0 bridgehead atoms. The van der Waals surface area contributed by atoms with Crippen LogP contribution < -0.4 is 14.2 Å². The van der Waals surface area contributed by atoms with E-state index in [0.29, 0.717) is 17.2 Å². The molecule has 0 radical (unpaired) electrons. The number of aromatic nitrogens is 3. The number of nitrogens with zero attached hydrogens (tertiary/aromatic N) is 6. The first kappa shape index (κ1) is 73.2. The fourth-order valence-corrected chi connectivity index (χ4v) is 11.8. The standard InChI is InChI=1S/C84H114N6O3/c1-4-7-10-13-16-19-22-25-28-31-34-37-40-70-43-55-76(56-44-70)85-67-73-49-61-79(62-50-73)91-82-88-83(92-80-63-51-74(52-64-80)68-86-77-57-45-71(46-58-77)41-38-35-32-29-26-23-20-17-14-11-8-5-2)90-84(89-82)93-81-65-53-75(54-66-81)69-87-78-59-47-72(48-60-78)42-39-36-33-30-27-24-21-18-15-12-9-6-3/h43-69H,4-42H2,1-3H3. The maximum atomic E-state index is 6.26. The van der Waals surface area contributed by atoms with Crippen molar-refractivity contribution in [1.82, 2.24) is 15.0 Å². The molecule has 0 aliphatic rings. The Labute approximate surface area is 562 Å². The Morgan fingerprint density at radius 2 is 0.430 bits per heavy atom. The lowest BCUT2D eigenvalue weighted by Gasteiger charge is -2.10. The first-order chi connectivity index (χ1) is 46.0. The molecule has 0 unspecified atom stereocenters. The van der Waals surface area contributed by atoms with Gasteiger partial charge in [-0.2, -0.15) is 0 Å². The highest BCUT2D eigenvalue weighted by molar-refractivity contribution is 5.83. The van der Waals surface area contributed by atoms with Crippen LogP contribution in [0.15, 0.2) is 161 Å². The summed E-state index contributed by atoms with van der Waals surface area (Å²) in [6.45, 7) is 6.86. The zero-order valence-corrected chi connectivity index (χ0v) is 57.6. The van der Waals surface area contributed by atoms with E-state index < -0.39 is 0 Å². The van der Waals surface area contributed by atoms with Crippen molar-refractivity contribution in [3.8, 4) is 35.3 Å². The third-order valence-corrected chi connectivity index (χ3v) is 17.7. The molecule has 6 aromatic carbocycles. The summed E-state index contributed by atoms with van der Waals surface area (Å²) >= 11 is 0. The lowest BCUT2D eigenvalue weighted by Crippen LogP contribution is -2.01. The quantitative estimate of drug-likeness (QED) is 0.0278. The molecule has 0 fully saturated rings. The van der Waals surface area contributed by atoms with Crippen molar-refractivity contribution in [2.75, 3.05) is 0 Å². The Kier molecular flexibility index (Phi) is 36.8. The summed E-state index contributed by atoms with van der Waals surface area (Å²) < 4.78 is 18.8. The van der Waals surface area contributed by atoms with E-state index in [1.165, 1.54) is 248 Å². The fourth-order valence-electron chi connectivity index (χ4n) is 11.8. The summed E-state index contributed by atoms with van der Waals surface area (Å²) in [5.74, 6) is 1.61. The van der Waals surface area contributed by atoms with Crippen LogP contribution in [0.2, 0.25) is 0 Å². The number of rotatable bonds is 51. The molecule has 9 heteroatoms. The zero-order chi connectivity index (χ0) is 64.7. The molecule has 0 saturated heterocycles. The van der Waals surface area contributed by atoms with E-state index in [1.807, 2.05) is 91.4 Å². The maximum absolute atomic E-state index is 6.26. The van der Waals surface area contributed by atoms with Gasteiger partial charge in [0, 0.05) is 18.6 Å². The molecular formula is C84H114N6O3. The highest BCUT2D eigenvalue weighted by Crippen LogP contribution is 2.29. The minimum atomic E-state index is 0.0210. The number of aryl methyl sites for hydroxylation is 3. The normalized spacial score (nSPS) is 11.6. The van der Waals surface area contributed by atoms with Crippen LogP contribution >= 0.6 is 0 Å². The molecule has 0 N–H and O–H groups in total. The first-order valence-corrected chi connectivity index (χ1v) is 37.0. The van der Waals surface area contributed by atoms with E-state index >= 15 is 0 Å². The largest absolute Gasteiger partial charge is 0.424 e. The average molecular weight is 1260 g/mol. The number of ether oxygens (including phenoxy) is 3. The molecular weight excluding hydrogens is 1140 g/mol. The molecule has 0 amide bonds. The number of aliphatic imine (C=N–C) groups is 3. The summed E-state index contributed by atoms with van der Waals surface area (Å²) in [5.41, 5.74) is 9.68. The van der Waals surface area contributed by atoms with E-state index in [0.717, 1.165) is 53.0 Å². The Morgan fingerprint density at radius 1 is 0.237 bits per heavy atom. The first-order valence-electron chi connectivity index (χ1n) is 37.0. The third kappa shape index (κ3) is 32.4. The van der Waals surface area contributed by atoms with E-state index in [9.17, 15) is 0 Å². The number of unbranched alkanes of at least 4 members (excludes halogenated alkanes) is 33. The molecule has 7 aromatic rings. The van der Waals surface area contributed by atoms with Gasteiger partial charge in [0.2, 0.25) is 0 Å². The van der Waals surface area contributed by atoms with Gasteiger partial charge in [0.15, 0.2) is 0 Å². The van der Waals surface area contributed by atoms with Gasteiger partial charge < -0.3 is 14.2 Å². The predicted molar refractivity (Wildman–Crippen MR) is 395 cm³/mol. The van der Waals surface area contributed by atoms with Crippen LogP contribution in [0.25, 0.3) is 0 Å². The molecule has 0 aliphatic carbocycles. The molecule has 9 nitrogen and oxygen atoms in total. The Morgan fingerprint density at radius 3 is 0.634 bits per heavy atom. The molecule has 0 atom stereocenters. The monoisotopic (exact) mass is 1250 g/mol. The molecule has 0 saturated carbocycles. The summed E-state index contributed by atoms with van der Waals surface area (Å²) in [6.07, 6.45) is 58.1. The summed E-state index contributed by atoms with van der Waals surface area (Å²) in [6, 6.07) is 48.9. The van der Waals surface area contributed by atoms with Gasteiger partial charge in [-0.1, -0.05) is 269 Å². The predicted octanol–water partition coefficient (Wildman–Crippen LogP) is 26.2. The Balaban J connectivity index is 0.895. The van der Waals surface area contributed by atoms with Gasteiger partial charge in [-0.25, -0.2) is 0 Å². The van der Waals surface area contributed by atoms with Gasteiger partial charge in [0.25, 0.3) is 0 Å². The minimum absolute atomic E-state index is 0.0210. The molecule has 1 heterocycles. The van der Waals surface area contributed by atoms with E-state index in [1.54, 1.807) is 0 Å². The SMILES string of the molecule is CCCCCCCCCCCCCCc1ccc(N=Cc2ccc(Oc3nc(Oc4ccc(C=Nc5ccc(CCCCCCCCCCCCCC)cc5)cc4)nc(Oc4ccc(C=Nc5ccc(CCCCCCCCCCCCCC)cc5)cc4)n3)cc2)cc1. The molecule has 0 spiro atoms. The van der Waals surface area contributed by atoms with Crippen LogP contribution in [-0.4, -0.2) is 33.6 Å². The van der Waals surface area contributed by atoms with Crippen LogP contribution in [0, 0.1) is 0 Å². The molecule has 0 aliphatic heterocycles. The highest BCUT2D eigenvalue weighted by atomic mass is 16.5. The minimum Gasteiger partial charge on any atom is -0.424 e. The number of benzene rings is 6. The van der Waals surface area contributed by atoms with Crippen molar-refractivity contribution in [2.24, 2.45) is 15.0 Å². The van der Waals surface area contributed by atoms with Gasteiger partial charge in [0.1, 0.15) is 17.2 Å². The van der Waals surface area contributed by atoms with E-state index in [-0.39, 0.29) is 18.0 Å². The number of hydrogen-bond acceptors (Lipinski definition) is 9. The molecule has 93 heavy (non-hydrogen) atoms. The zero-order valence-electron chi connectivity index (χ0n) is 57.6. The van der Waals surface area contributed by atoms with E-state index in [4.69, 9.17) is 29.2 Å². The lowest BCUT2D eigenvalue weighted by atomic mass is 10.0. The van der Waals surface area contributed by atoms with Gasteiger partial charge >= 0.3 is 18.0 Å². The number of hydrogen-bond donors (Lipinski definition) is 0. The summed E-state index contributed by atoms with van der Waals surface area (Å²) in [4.78, 5) is 28.0. The molecule has 498 valence electrons. The summed E-state index contributed by atoms with van der Waals surface area (Å²) in [7, 11) is 0. The third-order valence-electron chi connectivity index (χ3n) is 17.7. The van der Waals surface area contributed by atoms with Crippen LogP contribution in [0.1, 0.15) is 285 Å². The second-order valence-electron chi connectivity index (χ2n) is 25.9. The lowest BCUT2D eigenvalue weighted by molar-refractivity contribution is 0.362. The average Bonchev–Trinajstić information content (AvgIpc) is 2.15. The van der Waals surface area contributed by atoms with Crippen LogP contribution in [-0.2, 0) is 19.3 Å². The van der Waals surface area contributed by atoms with Crippen molar-refractivity contribution >= 4 is 35.7 Å². The Bertz CT molecular complexity index is 2750. The second-order valence-corrected chi connectivity index (χ2v) is 25.9. The smallest absolute Gasteiger partial charge is 0.331 e. The maximum Gasteiger partial charge on any atom is 0.331 e. The van der Waals surface area contributed by atoms with Crippen LogP contribution in [0.5, 0.6) is 35.3 Å².